The van der Waals surface area contributed by atoms with Crippen LogP contribution in [0.4, 0.5) is 0 Å². The van der Waals surface area contributed by atoms with Crippen LogP contribution >= 0.6 is 0 Å². The average Bonchev–Trinajstić information content (AvgIpc) is 2.37. The topological polar surface area (TPSA) is 72.5 Å². The van der Waals surface area contributed by atoms with E-state index in [9.17, 15) is 14.4 Å². The molecule has 5 nitrogen and oxygen atoms in total. The monoisotopic (exact) mass is 263 g/mol. The summed E-state index contributed by atoms with van der Waals surface area (Å²) >= 11 is 0. The molecule has 0 aromatic heterocycles. The summed E-state index contributed by atoms with van der Waals surface area (Å²) in [5.74, 6) is -1.23. The minimum Gasteiger partial charge on any atom is -0.467 e. The first kappa shape index (κ1) is 14.9. The first-order valence-electron chi connectivity index (χ1n) is 5.89. The van der Waals surface area contributed by atoms with Crippen molar-refractivity contribution in [2.45, 2.75) is 26.3 Å². The second kappa shape index (κ2) is 6.68. The minimum atomic E-state index is -0.948. The fourth-order valence-corrected chi connectivity index (χ4v) is 1.62. The van der Waals surface area contributed by atoms with Gasteiger partial charge in [0.05, 0.1) is 7.11 Å². The van der Waals surface area contributed by atoms with Gasteiger partial charge in [-0.2, -0.15) is 0 Å². The van der Waals surface area contributed by atoms with Gasteiger partial charge in [0.25, 0.3) is 0 Å². The molecule has 102 valence electrons. The molecule has 0 saturated carbocycles. The summed E-state index contributed by atoms with van der Waals surface area (Å²) in [4.78, 5) is 34.5. The Kier molecular flexibility index (Phi) is 5.23. The van der Waals surface area contributed by atoms with E-state index in [-0.39, 0.29) is 18.1 Å². The highest BCUT2D eigenvalue weighted by Gasteiger charge is 2.23. The molecule has 1 atom stereocenters. The van der Waals surface area contributed by atoms with Crippen molar-refractivity contribution in [2.75, 3.05) is 7.11 Å². The van der Waals surface area contributed by atoms with Crippen molar-refractivity contribution < 1.29 is 19.1 Å². The van der Waals surface area contributed by atoms with Gasteiger partial charge in [-0.25, -0.2) is 4.79 Å². The fraction of sp³-hybridized carbons (Fsp3) is 0.357. The SMILES string of the molecule is COC(=O)[C@H](CC(=O)c1ccc(C)cc1)NC(C)=O. The number of hydrogen-bond acceptors (Lipinski definition) is 4. The van der Waals surface area contributed by atoms with E-state index in [0.717, 1.165) is 5.56 Å². The lowest BCUT2D eigenvalue weighted by atomic mass is 10.0. The van der Waals surface area contributed by atoms with E-state index < -0.39 is 12.0 Å². The Morgan fingerprint density at radius 2 is 1.79 bits per heavy atom. The molecule has 19 heavy (non-hydrogen) atoms. The molecule has 1 N–H and O–H groups in total. The number of carbonyl (C=O) groups is 3. The normalized spacial score (nSPS) is 11.5. The number of rotatable bonds is 5. The molecule has 0 bridgehead atoms. The molecule has 0 radical (unpaired) electrons. The van der Waals surface area contributed by atoms with Gasteiger partial charge in [-0.05, 0) is 6.92 Å². The quantitative estimate of drug-likeness (QED) is 0.641. The third-order valence-electron chi connectivity index (χ3n) is 2.63. The standard InChI is InChI=1S/C14H17NO4/c1-9-4-6-11(7-5-9)13(17)8-12(14(18)19-3)15-10(2)16/h4-7,12H,8H2,1-3H3,(H,15,16)/t12-/m0/s1. The third-order valence-corrected chi connectivity index (χ3v) is 2.63. The Hall–Kier alpha value is -2.17. The summed E-state index contributed by atoms with van der Waals surface area (Å²) in [6.45, 7) is 3.20. The predicted molar refractivity (Wildman–Crippen MR) is 69.7 cm³/mol. The Morgan fingerprint density at radius 3 is 2.26 bits per heavy atom. The summed E-state index contributed by atoms with van der Waals surface area (Å²) in [6.07, 6.45) is -0.116. The van der Waals surface area contributed by atoms with Crippen molar-refractivity contribution in [1.82, 2.24) is 5.32 Å². The van der Waals surface area contributed by atoms with Crippen LogP contribution in [0.5, 0.6) is 0 Å². The molecule has 0 saturated heterocycles. The summed E-state index contributed by atoms with van der Waals surface area (Å²) < 4.78 is 4.56. The van der Waals surface area contributed by atoms with Gasteiger partial charge in [0.15, 0.2) is 5.78 Å². The summed E-state index contributed by atoms with van der Waals surface area (Å²) in [7, 11) is 1.22. The molecule has 0 spiro atoms. The van der Waals surface area contributed by atoms with Crippen LogP contribution in [0.15, 0.2) is 24.3 Å². The zero-order chi connectivity index (χ0) is 14.4. The molecular formula is C14H17NO4. The van der Waals surface area contributed by atoms with E-state index in [1.165, 1.54) is 14.0 Å². The van der Waals surface area contributed by atoms with Crippen LogP contribution in [0, 0.1) is 6.92 Å². The molecule has 0 aliphatic rings. The number of aryl methyl sites for hydroxylation is 1. The molecule has 1 aromatic carbocycles. The van der Waals surface area contributed by atoms with Crippen molar-refractivity contribution in [1.29, 1.82) is 0 Å². The van der Waals surface area contributed by atoms with Gasteiger partial charge in [0.2, 0.25) is 5.91 Å². The summed E-state index contributed by atoms with van der Waals surface area (Å²) in [6, 6.07) is 6.08. The van der Waals surface area contributed by atoms with Crippen LogP contribution in [-0.4, -0.2) is 30.8 Å². The van der Waals surface area contributed by atoms with Crippen molar-refractivity contribution >= 4 is 17.7 Å². The molecule has 1 amide bonds. The first-order chi connectivity index (χ1) is 8.93. The van der Waals surface area contributed by atoms with E-state index >= 15 is 0 Å². The maximum Gasteiger partial charge on any atom is 0.328 e. The third kappa shape index (κ3) is 4.54. The second-order valence-corrected chi connectivity index (χ2v) is 4.27. The fourth-order valence-electron chi connectivity index (χ4n) is 1.62. The highest BCUT2D eigenvalue weighted by atomic mass is 16.5. The van der Waals surface area contributed by atoms with Crippen LogP contribution in [0.2, 0.25) is 0 Å². The second-order valence-electron chi connectivity index (χ2n) is 4.27. The van der Waals surface area contributed by atoms with Crippen molar-refractivity contribution in [3.63, 3.8) is 0 Å². The highest BCUT2D eigenvalue weighted by molar-refractivity contribution is 5.99. The van der Waals surface area contributed by atoms with E-state index in [1.807, 2.05) is 19.1 Å². The number of methoxy groups -OCH3 is 1. The van der Waals surface area contributed by atoms with Gasteiger partial charge in [-0.3, -0.25) is 9.59 Å². The number of hydrogen-bond donors (Lipinski definition) is 1. The lowest BCUT2D eigenvalue weighted by Gasteiger charge is -2.14. The van der Waals surface area contributed by atoms with E-state index in [0.29, 0.717) is 5.56 Å². The highest BCUT2D eigenvalue weighted by Crippen LogP contribution is 2.08. The van der Waals surface area contributed by atoms with E-state index in [2.05, 4.69) is 10.1 Å². The summed E-state index contributed by atoms with van der Waals surface area (Å²) in [5.41, 5.74) is 1.55. The van der Waals surface area contributed by atoms with Crippen molar-refractivity contribution in [2.24, 2.45) is 0 Å². The van der Waals surface area contributed by atoms with Crippen LogP contribution in [0.1, 0.15) is 29.3 Å². The van der Waals surface area contributed by atoms with Crippen LogP contribution < -0.4 is 5.32 Å². The lowest BCUT2D eigenvalue weighted by molar-refractivity contribution is -0.144. The van der Waals surface area contributed by atoms with Gasteiger partial charge in [-0.1, -0.05) is 29.8 Å². The van der Waals surface area contributed by atoms with E-state index in [4.69, 9.17) is 0 Å². The van der Waals surface area contributed by atoms with Gasteiger partial charge < -0.3 is 10.1 Å². The number of ketones is 1. The van der Waals surface area contributed by atoms with Gasteiger partial charge >= 0.3 is 5.97 Å². The average molecular weight is 263 g/mol. The maximum atomic E-state index is 12.0. The molecule has 0 unspecified atom stereocenters. The van der Waals surface area contributed by atoms with Gasteiger partial charge in [0, 0.05) is 18.9 Å². The van der Waals surface area contributed by atoms with Crippen LogP contribution in [0.25, 0.3) is 0 Å². The molecule has 5 heteroatoms. The van der Waals surface area contributed by atoms with Crippen LogP contribution in [0.3, 0.4) is 0 Å². The smallest absolute Gasteiger partial charge is 0.328 e. The van der Waals surface area contributed by atoms with Crippen LogP contribution in [-0.2, 0) is 14.3 Å². The zero-order valence-electron chi connectivity index (χ0n) is 11.2. The number of esters is 1. The number of nitrogens with one attached hydrogen (secondary N) is 1. The molecule has 1 aromatic rings. The molecule has 0 aliphatic carbocycles. The lowest BCUT2D eigenvalue weighted by Crippen LogP contribution is -2.41. The first-order valence-corrected chi connectivity index (χ1v) is 5.89. The molecule has 0 fully saturated rings. The Morgan fingerprint density at radius 1 is 1.21 bits per heavy atom. The number of carbonyl (C=O) groups excluding carboxylic acids is 3. The van der Waals surface area contributed by atoms with E-state index in [1.54, 1.807) is 12.1 Å². The Labute approximate surface area is 111 Å². The number of Topliss-reactive ketones (excluding diaryl/α,β-unsaturated/α-hetero) is 1. The molecular weight excluding hydrogens is 246 g/mol. The molecule has 1 rings (SSSR count). The largest absolute Gasteiger partial charge is 0.467 e. The van der Waals surface area contributed by atoms with Gasteiger partial charge in [-0.15, -0.1) is 0 Å². The molecule has 0 aliphatic heterocycles. The Balaban J connectivity index is 2.78. The number of amides is 1. The molecule has 0 heterocycles. The predicted octanol–water partition coefficient (Wildman–Crippen LogP) is 1.25. The zero-order valence-corrected chi connectivity index (χ0v) is 11.2. The van der Waals surface area contributed by atoms with Crippen molar-refractivity contribution in [3.8, 4) is 0 Å². The number of benzene rings is 1. The van der Waals surface area contributed by atoms with Gasteiger partial charge in [0.1, 0.15) is 6.04 Å². The number of ether oxygens (including phenoxy) is 1. The van der Waals surface area contributed by atoms with Crippen molar-refractivity contribution in [3.05, 3.63) is 35.4 Å². The maximum absolute atomic E-state index is 12.0. The Bertz CT molecular complexity index is 479. The minimum absolute atomic E-state index is 0.116. The summed E-state index contributed by atoms with van der Waals surface area (Å²) in [5, 5.41) is 2.41.